The van der Waals surface area contributed by atoms with Crippen LogP contribution in [-0.2, 0) is 11.2 Å². The number of fused-ring (bicyclic) bond motifs is 1. The van der Waals surface area contributed by atoms with Gasteiger partial charge in [-0.2, -0.15) is 0 Å². The van der Waals surface area contributed by atoms with Crippen LogP contribution in [0.3, 0.4) is 0 Å². The maximum Gasteiger partial charge on any atom is 0.225 e. The number of carbonyl (C=O) groups is 2. The number of methoxy groups -OCH3 is 1. The molecule has 1 heterocycles. The van der Waals surface area contributed by atoms with Crippen LogP contribution < -0.4 is 19.5 Å². The molecular formula is C21H23NO5. The van der Waals surface area contributed by atoms with E-state index < -0.39 is 0 Å². The summed E-state index contributed by atoms with van der Waals surface area (Å²) in [7, 11) is 1.54. The van der Waals surface area contributed by atoms with E-state index in [1.54, 1.807) is 25.3 Å². The molecule has 2 aromatic rings. The Kier molecular flexibility index (Phi) is 5.64. The Morgan fingerprint density at radius 2 is 1.85 bits per heavy atom. The number of ketones is 1. The van der Waals surface area contributed by atoms with Crippen molar-refractivity contribution in [3.8, 4) is 17.2 Å². The molecule has 0 unspecified atom stereocenters. The van der Waals surface area contributed by atoms with Gasteiger partial charge in [0.25, 0.3) is 0 Å². The lowest BCUT2D eigenvalue weighted by molar-refractivity contribution is -0.121. The van der Waals surface area contributed by atoms with E-state index in [0.717, 1.165) is 5.56 Å². The second kappa shape index (κ2) is 8.12. The average molecular weight is 369 g/mol. The summed E-state index contributed by atoms with van der Waals surface area (Å²) in [6.45, 7) is 4.46. The van der Waals surface area contributed by atoms with Crippen molar-refractivity contribution in [2.75, 3.05) is 20.3 Å². The van der Waals surface area contributed by atoms with E-state index in [-0.39, 0.29) is 24.2 Å². The second-order valence-corrected chi connectivity index (χ2v) is 6.45. The molecule has 2 aromatic carbocycles. The fraction of sp³-hybridized carbons (Fsp3) is 0.333. The number of hydrogen-bond donors (Lipinski definition) is 1. The molecule has 1 N–H and O–H groups in total. The summed E-state index contributed by atoms with van der Waals surface area (Å²) in [5, 5.41) is 2.98. The van der Waals surface area contributed by atoms with Crippen LogP contribution in [0.1, 0.15) is 41.4 Å². The lowest BCUT2D eigenvalue weighted by Crippen LogP contribution is -2.28. The van der Waals surface area contributed by atoms with Gasteiger partial charge in [0.05, 0.1) is 19.6 Å². The second-order valence-electron chi connectivity index (χ2n) is 6.45. The molecule has 1 atom stereocenters. The molecule has 6 nitrogen and oxygen atoms in total. The number of ether oxygens (including phenoxy) is 3. The third-order valence-electron chi connectivity index (χ3n) is 4.48. The van der Waals surface area contributed by atoms with Gasteiger partial charge in [-0.25, -0.2) is 0 Å². The van der Waals surface area contributed by atoms with Crippen molar-refractivity contribution in [3.63, 3.8) is 0 Å². The summed E-state index contributed by atoms with van der Waals surface area (Å²) in [5.41, 5.74) is 2.16. The van der Waals surface area contributed by atoms with E-state index in [2.05, 4.69) is 5.32 Å². The highest BCUT2D eigenvalue weighted by Crippen LogP contribution is 2.32. The summed E-state index contributed by atoms with van der Waals surface area (Å²) in [6.07, 6.45) is 0.124. The van der Waals surface area contributed by atoms with Crippen LogP contribution in [0.4, 0.5) is 0 Å². The quantitative estimate of drug-likeness (QED) is 0.792. The van der Waals surface area contributed by atoms with E-state index in [1.807, 2.05) is 25.1 Å². The first-order valence-corrected chi connectivity index (χ1v) is 8.84. The number of rotatable bonds is 6. The van der Waals surface area contributed by atoms with Gasteiger partial charge >= 0.3 is 0 Å². The van der Waals surface area contributed by atoms with Gasteiger partial charge in [0.2, 0.25) is 5.91 Å². The van der Waals surface area contributed by atoms with Crippen LogP contribution in [-0.4, -0.2) is 32.0 Å². The first-order chi connectivity index (χ1) is 13.0. The van der Waals surface area contributed by atoms with Crippen molar-refractivity contribution >= 4 is 11.7 Å². The van der Waals surface area contributed by atoms with Crippen molar-refractivity contribution in [3.05, 3.63) is 53.1 Å². The Hall–Kier alpha value is -3.02. The molecule has 3 rings (SSSR count). The van der Waals surface area contributed by atoms with Gasteiger partial charge < -0.3 is 19.5 Å². The Morgan fingerprint density at radius 3 is 2.56 bits per heavy atom. The number of carbonyl (C=O) groups excluding carboxylic acids is 2. The standard InChI is InChI=1S/C21H23NO5/c1-13(15-4-7-19-20(11-15)27-9-8-26-19)22-21(24)12-17-10-16(14(2)23)5-6-18(17)25-3/h4-7,10-11,13H,8-9,12H2,1-3H3,(H,22,24)/t13-/m1/s1. The number of amides is 1. The van der Waals surface area contributed by atoms with Gasteiger partial charge in [0, 0.05) is 11.1 Å². The molecule has 27 heavy (non-hydrogen) atoms. The minimum atomic E-state index is -0.199. The largest absolute Gasteiger partial charge is 0.496 e. The minimum absolute atomic E-state index is 0.0519. The Labute approximate surface area is 158 Å². The highest BCUT2D eigenvalue weighted by molar-refractivity contribution is 5.94. The Bertz CT molecular complexity index is 862. The third kappa shape index (κ3) is 4.39. The van der Waals surface area contributed by atoms with E-state index in [1.165, 1.54) is 6.92 Å². The van der Waals surface area contributed by atoms with Crippen LogP contribution >= 0.6 is 0 Å². The smallest absolute Gasteiger partial charge is 0.225 e. The molecule has 0 fully saturated rings. The monoisotopic (exact) mass is 369 g/mol. The van der Waals surface area contributed by atoms with Gasteiger partial charge in [-0.15, -0.1) is 0 Å². The van der Waals surface area contributed by atoms with Gasteiger partial charge in [-0.1, -0.05) is 6.07 Å². The van der Waals surface area contributed by atoms with Crippen LogP contribution in [0, 0.1) is 0 Å². The van der Waals surface area contributed by atoms with E-state index >= 15 is 0 Å². The molecule has 0 aromatic heterocycles. The Morgan fingerprint density at radius 1 is 1.11 bits per heavy atom. The first-order valence-electron chi connectivity index (χ1n) is 8.84. The lowest BCUT2D eigenvalue weighted by Gasteiger charge is -2.21. The molecule has 0 radical (unpaired) electrons. The molecule has 142 valence electrons. The highest BCUT2D eigenvalue weighted by atomic mass is 16.6. The minimum Gasteiger partial charge on any atom is -0.496 e. The molecule has 1 aliphatic heterocycles. The van der Waals surface area contributed by atoms with Crippen LogP contribution in [0.25, 0.3) is 0 Å². The van der Waals surface area contributed by atoms with Crippen LogP contribution in [0.5, 0.6) is 17.2 Å². The van der Waals surface area contributed by atoms with Crippen molar-refractivity contribution in [1.82, 2.24) is 5.32 Å². The van der Waals surface area contributed by atoms with Gasteiger partial charge in [0.15, 0.2) is 17.3 Å². The van der Waals surface area contributed by atoms with Crippen molar-refractivity contribution < 1.29 is 23.8 Å². The fourth-order valence-corrected chi connectivity index (χ4v) is 3.01. The SMILES string of the molecule is COc1ccc(C(C)=O)cc1CC(=O)N[C@H](C)c1ccc2c(c1)OCCO2. The predicted molar refractivity (Wildman–Crippen MR) is 101 cm³/mol. The number of Topliss-reactive ketones (excluding diaryl/α,β-unsaturated/α-hetero) is 1. The van der Waals surface area contributed by atoms with Crippen LogP contribution in [0.15, 0.2) is 36.4 Å². The maximum atomic E-state index is 12.5. The van der Waals surface area contributed by atoms with Gasteiger partial charge in [-0.3, -0.25) is 9.59 Å². The lowest BCUT2D eigenvalue weighted by atomic mass is 10.0. The van der Waals surface area contributed by atoms with Crippen molar-refractivity contribution in [2.45, 2.75) is 26.3 Å². The number of hydrogen-bond acceptors (Lipinski definition) is 5. The number of nitrogens with one attached hydrogen (secondary N) is 1. The molecule has 0 saturated heterocycles. The molecule has 1 aliphatic rings. The van der Waals surface area contributed by atoms with E-state index in [9.17, 15) is 9.59 Å². The molecule has 0 aliphatic carbocycles. The fourth-order valence-electron chi connectivity index (χ4n) is 3.01. The third-order valence-corrected chi connectivity index (χ3v) is 4.48. The molecule has 6 heteroatoms. The molecule has 0 bridgehead atoms. The topological polar surface area (TPSA) is 73.9 Å². The molecule has 0 saturated carbocycles. The normalized spacial score (nSPS) is 13.6. The average Bonchev–Trinajstić information content (AvgIpc) is 2.67. The van der Waals surface area contributed by atoms with E-state index in [0.29, 0.717) is 41.6 Å². The molecule has 1 amide bonds. The highest BCUT2D eigenvalue weighted by Gasteiger charge is 2.17. The summed E-state index contributed by atoms with van der Waals surface area (Å²) in [4.78, 5) is 24.1. The number of benzene rings is 2. The van der Waals surface area contributed by atoms with Crippen molar-refractivity contribution in [2.24, 2.45) is 0 Å². The summed E-state index contributed by atoms with van der Waals surface area (Å²) in [5.74, 6) is 1.78. The maximum absolute atomic E-state index is 12.5. The van der Waals surface area contributed by atoms with Crippen LogP contribution in [0.2, 0.25) is 0 Å². The zero-order valence-electron chi connectivity index (χ0n) is 15.7. The zero-order chi connectivity index (χ0) is 19.4. The van der Waals surface area contributed by atoms with E-state index in [4.69, 9.17) is 14.2 Å². The predicted octanol–water partition coefficient (Wildman–Crippen LogP) is 3.09. The zero-order valence-corrected chi connectivity index (χ0v) is 15.7. The Balaban J connectivity index is 1.70. The van der Waals surface area contributed by atoms with Gasteiger partial charge in [0.1, 0.15) is 19.0 Å². The summed E-state index contributed by atoms with van der Waals surface area (Å²) >= 11 is 0. The first kappa shape index (κ1) is 18.8. The van der Waals surface area contributed by atoms with Gasteiger partial charge in [-0.05, 0) is 49.7 Å². The van der Waals surface area contributed by atoms with Crippen molar-refractivity contribution in [1.29, 1.82) is 0 Å². The summed E-state index contributed by atoms with van der Waals surface area (Å²) in [6, 6.07) is 10.6. The molecule has 0 spiro atoms. The summed E-state index contributed by atoms with van der Waals surface area (Å²) < 4.78 is 16.4. The molecular weight excluding hydrogens is 346 g/mol.